The van der Waals surface area contributed by atoms with Gasteiger partial charge in [0.05, 0.1) is 19.6 Å². The van der Waals surface area contributed by atoms with E-state index in [-0.39, 0.29) is 35.3 Å². The number of ketones is 1. The normalized spacial score (nSPS) is 11.6. The number of ether oxygens (including phenoxy) is 1. The molecule has 2 atom stereocenters. The van der Waals surface area contributed by atoms with E-state index in [0.29, 0.717) is 5.56 Å². The van der Waals surface area contributed by atoms with Crippen molar-refractivity contribution >= 4 is 30.1 Å². The minimum Gasteiger partial charge on any atom is -0.481 e. The molecule has 9 N–H and O–H groups in total. The van der Waals surface area contributed by atoms with Crippen molar-refractivity contribution in [3.05, 3.63) is 35.4 Å². The number of hydrogen-bond donors (Lipinski definition) is 3. The number of carbonyl (C=O) groups is 3. The second kappa shape index (κ2) is 12.4. The fourth-order valence-corrected chi connectivity index (χ4v) is 1.89. The molecule has 0 bridgehead atoms. The molecule has 1 rings (SSSR count). The van der Waals surface area contributed by atoms with Gasteiger partial charge in [-0.05, 0) is 12.0 Å². The number of hydrogen-bond acceptors (Lipinski definition) is 6. The molecule has 0 aliphatic rings. The Bertz CT molecular complexity index is 554. The van der Waals surface area contributed by atoms with E-state index in [1.165, 1.54) is 13.2 Å². The highest BCUT2D eigenvalue weighted by atomic mass is 35.5. The molecule has 24 heavy (non-hydrogen) atoms. The number of aliphatic carboxylic acids is 1. The second-order valence-corrected chi connectivity index (χ2v) is 4.56. The van der Waals surface area contributed by atoms with E-state index in [4.69, 9.17) is 16.6 Å². The number of benzene rings is 1. The Morgan fingerprint density at radius 2 is 1.67 bits per heavy atom. The van der Waals surface area contributed by atoms with Crippen molar-refractivity contribution < 1.29 is 35.2 Å². The van der Waals surface area contributed by atoms with Crippen LogP contribution in [0.4, 0.5) is 0 Å². The van der Waals surface area contributed by atoms with E-state index in [2.05, 4.69) is 4.74 Å². The zero-order chi connectivity index (χ0) is 16.0. The van der Waals surface area contributed by atoms with Gasteiger partial charge >= 0.3 is 11.9 Å². The van der Waals surface area contributed by atoms with Crippen LogP contribution in [-0.2, 0) is 20.7 Å². The summed E-state index contributed by atoms with van der Waals surface area (Å²) >= 11 is 0. The molecule has 0 saturated heterocycles. The maximum atomic E-state index is 12.2. The van der Waals surface area contributed by atoms with Gasteiger partial charge in [0.25, 0.3) is 0 Å². The highest BCUT2D eigenvalue weighted by molar-refractivity contribution is 6.02. The van der Waals surface area contributed by atoms with Gasteiger partial charge in [0.2, 0.25) is 0 Å². The van der Waals surface area contributed by atoms with Crippen molar-refractivity contribution in [2.24, 2.45) is 11.5 Å². The molecule has 0 saturated carbocycles. The zero-order valence-electron chi connectivity index (χ0n) is 13.0. The van der Waals surface area contributed by atoms with Gasteiger partial charge < -0.3 is 32.3 Å². The summed E-state index contributed by atoms with van der Waals surface area (Å²) in [6.07, 6.45) is -0.357. The van der Waals surface area contributed by atoms with Gasteiger partial charge in [0, 0.05) is 5.56 Å². The Kier molecular flexibility index (Phi) is 13.9. The summed E-state index contributed by atoms with van der Waals surface area (Å²) in [5.41, 5.74) is 12.1. The fraction of sp³-hybridized carbons (Fsp3) is 0.357. The van der Waals surface area contributed by atoms with Gasteiger partial charge in [-0.3, -0.25) is 14.4 Å². The van der Waals surface area contributed by atoms with Gasteiger partial charge in [-0.25, -0.2) is 0 Å². The van der Waals surface area contributed by atoms with Crippen molar-refractivity contribution in [2.45, 2.75) is 24.9 Å². The third-order valence-electron chi connectivity index (χ3n) is 2.96. The molecule has 0 aromatic heterocycles. The Labute approximate surface area is 145 Å². The Morgan fingerprint density at radius 1 is 1.12 bits per heavy atom. The van der Waals surface area contributed by atoms with Crippen molar-refractivity contribution in [1.29, 1.82) is 0 Å². The largest absolute Gasteiger partial charge is 0.481 e. The van der Waals surface area contributed by atoms with Crippen LogP contribution >= 0.6 is 12.4 Å². The quantitative estimate of drug-likeness (QED) is 0.384. The number of methoxy groups -OCH3 is 1. The fourth-order valence-electron chi connectivity index (χ4n) is 1.89. The summed E-state index contributed by atoms with van der Waals surface area (Å²) in [4.78, 5) is 34.1. The Balaban J connectivity index is -0.00000147. The van der Waals surface area contributed by atoms with Crippen LogP contribution in [0, 0.1) is 0 Å². The van der Waals surface area contributed by atoms with E-state index >= 15 is 0 Å². The summed E-state index contributed by atoms with van der Waals surface area (Å²) in [6, 6.07) is 4.46. The molecule has 1 aromatic rings. The van der Waals surface area contributed by atoms with Gasteiger partial charge in [-0.2, -0.15) is 0 Å². The van der Waals surface area contributed by atoms with Gasteiger partial charge in [0.15, 0.2) is 5.78 Å². The molecule has 0 aliphatic carbocycles. The second-order valence-electron chi connectivity index (χ2n) is 4.56. The minimum atomic E-state index is -1.15. The van der Waals surface area contributed by atoms with Gasteiger partial charge in [-0.1, -0.05) is 24.3 Å². The first-order chi connectivity index (χ1) is 9.86. The summed E-state index contributed by atoms with van der Waals surface area (Å²) < 4.78 is 4.53. The monoisotopic (exact) mass is 366 g/mol. The lowest BCUT2D eigenvalue weighted by Crippen LogP contribution is -2.36. The average molecular weight is 367 g/mol. The standard InChI is InChI=1S/C14H18N2O5.ClH.2H2O/c1-21-14(20)11(16)6-8-4-2-3-5-9(8)13(19)10(15)7-12(17)18;;;/h2-5,10-11H,6-7,15-16H2,1H3,(H,17,18);1H;2*1H2. The molecule has 0 spiro atoms. The maximum absolute atomic E-state index is 12.2. The molecule has 1 aromatic carbocycles. The Hall–Kier alpha value is -2.04. The molecule has 0 heterocycles. The number of halogens is 1. The Morgan fingerprint density at radius 3 is 2.17 bits per heavy atom. The van der Waals surface area contributed by atoms with Crippen LogP contribution in [-0.4, -0.2) is 53.0 Å². The number of carbonyl (C=O) groups excluding carboxylic acids is 2. The molecular weight excluding hydrogens is 344 g/mol. The van der Waals surface area contributed by atoms with Crippen molar-refractivity contribution in [3.63, 3.8) is 0 Å². The van der Waals surface area contributed by atoms with Crippen molar-refractivity contribution in [2.75, 3.05) is 7.11 Å². The van der Waals surface area contributed by atoms with E-state index in [0.717, 1.165) is 0 Å². The van der Waals surface area contributed by atoms with Gasteiger partial charge in [-0.15, -0.1) is 12.4 Å². The summed E-state index contributed by atoms with van der Waals surface area (Å²) in [5.74, 6) is -2.24. The van der Waals surface area contributed by atoms with Gasteiger partial charge in [0.1, 0.15) is 6.04 Å². The van der Waals surface area contributed by atoms with Crippen LogP contribution in [0.15, 0.2) is 24.3 Å². The predicted molar refractivity (Wildman–Crippen MR) is 89.2 cm³/mol. The van der Waals surface area contributed by atoms with E-state index in [1.54, 1.807) is 18.2 Å². The molecule has 2 unspecified atom stereocenters. The number of carboxylic acid groups (broad SMARTS) is 1. The molecule has 138 valence electrons. The van der Waals surface area contributed by atoms with Crippen LogP contribution in [0.5, 0.6) is 0 Å². The number of nitrogens with two attached hydrogens (primary N) is 2. The van der Waals surface area contributed by atoms with Crippen LogP contribution in [0.2, 0.25) is 0 Å². The molecule has 0 radical (unpaired) electrons. The highest BCUT2D eigenvalue weighted by Gasteiger charge is 2.23. The van der Waals surface area contributed by atoms with Crippen LogP contribution < -0.4 is 11.5 Å². The molecule has 9 nitrogen and oxygen atoms in total. The molecule has 10 heteroatoms. The van der Waals surface area contributed by atoms with Crippen LogP contribution in [0.1, 0.15) is 22.3 Å². The lowest BCUT2D eigenvalue weighted by molar-refractivity contribution is -0.142. The number of carboxylic acids is 1. The predicted octanol–water partition coefficient (Wildman–Crippen LogP) is -1.51. The number of rotatable bonds is 7. The van der Waals surface area contributed by atoms with Crippen LogP contribution in [0.3, 0.4) is 0 Å². The third kappa shape index (κ3) is 7.49. The molecule has 0 amide bonds. The smallest absolute Gasteiger partial charge is 0.322 e. The minimum absolute atomic E-state index is 0. The number of Topliss-reactive ketones (excluding diaryl/α,β-unsaturated/α-hetero) is 1. The molecular formula is C14H23ClN2O7. The summed E-state index contributed by atoms with van der Waals surface area (Å²) in [5, 5.41) is 8.69. The lowest BCUT2D eigenvalue weighted by atomic mass is 9.94. The molecule has 0 aliphatic heterocycles. The molecule has 0 fully saturated rings. The summed E-state index contributed by atoms with van der Waals surface area (Å²) in [7, 11) is 1.22. The topological polar surface area (TPSA) is 196 Å². The lowest BCUT2D eigenvalue weighted by Gasteiger charge is -2.14. The first-order valence-electron chi connectivity index (χ1n) is 6.29. The van der Waals surface area contributed by atoms with Crippen molar-refractivity contribution in [1.82, 2.24) is 0 Å². The summed E-state index contributed by atoms with van der Waals surface area (Å²) in [6.45, 7) is 0. The first-order valence-corrected chi connectivity index (χ1v) is 6.29. The van der Waals surface area contributed by atoms with Crippen molar-refractivity contribution in [3.8, 4) is 0 Å². The van der Waals surface area contributed by atoms with Crippen LogP contribution in [0.25, 0.3) is 0 Å². The first kappa shape index (κ1) is 26.8. The SMILES string of the molecule is COC(=O)C(N)Cc1ccccc1C(=O)C(N)CC(=O)O.Cl.O.O. The van der Waals surface area contributed by atoms with E-state index < -0.39 is 36.2 Å². The number of esters is 1. The van der Waals surface area contributed by atoms with E-state index in [9.17, 15) is 14.4 Å². The average Bonchev–Trinajstić information content (AvgIpc) is 2.45. The van der Waals surface area contributed by atoms with E-state index in [1.807, 2.05) is 0 Å². The zero-order valence-corrected chi connectivity index (χ0v) is 13.8. The maximum Gasteiger partial charge on any atom is 0.322 e. The third-order valence-corrected chi connectivity index (χ3v) is 2.96. The highest BCUT2D eigenvalue weighted by Crippen LogP contribution is 2.14.